The Bertz CT molecular complexity index is 752. The van der Waals surface area contributed by atoms with Gasteiger partial charge in [-0.25, -0.2) is 12.7 Å². The van der Waals surface area contributed by atoms with Gasteiger partial charge in [0.25, 0.3) is 0 Å². The van der Waals surface area contributed by atoms with Crippen molar-refractivity contribution in [2.45, 2.75) is 17.7 Å². The molecule has 0 saturated carbocycles. The van der Waals surface area contributed by atoms with E-state index in [1.807, 2.05) is 24.4 Å². The van der Waals surface area contributed by atoms with Gasteiger partial charge in [-0.05, 0) is 43.2 Å². The number of hydrogen-bond donors (Lipinski definition) is 1. The molecule has 0 amide bonds. The lowest BCUT2D eigenvalue weighted by Crippen LogP contribution is -2.23. The third kappa shape index (κ3) is 2.64. The summed E-state index contributed by atoms with van der Waals surface area (Å²) in [4.78, 5) is 5.84. The SMILES string of the molecule is CN(C)S(=O)(=O)c1ccc(N2CCCC2)c(-c2ccc[nH]2)c1.[HH]. The van der Waals surface area contributed by atoms with E-state index in [-0.39, 0.29) is 1.43 Å². The fourth-order valence-corrected chi connectivity index (χ4v) is 3.76. The molecule has 0 unspecified atom stereocenters. The highest BCUT2D eigenvalue weighted by atomic mass is 32.2. The second-order valence-electron chi connectivity index (χ2n) is 5.74. The molecule has 0 radical (unpaired) electrons. The van der Waals surface area contributed by atoms with Crippen molar-refractivity contribution in [1.82, 2.24) is 9.29 Å². The Balaban J connectivity index is 0.00000192. The first-order valence-electron chi connectivity index (χ1n) is 7.45. The summed E-state index contributed by atoms with van der Waals surface area (Å²) in [6.45, 7) is 2.04. The minimum atomic E-state index is -3.43. The average molecular weight is 321 g/mol. The highest BCUT2D eigenvalue weighted by molar-refractivity contribution is 7.89. The quantitative estimate of drug-likeness (QED) is 0.942. The highest BCUT2D eigenvalue weighted by Crippen LogP contribution is 2.34. The molecule has 1 aromatic heterocycles. The number of sulfonamides is 1. The lowest BCUT2D eigenvalue weighted by molar-refractivity contribution is 0.521. The van der Waals surface area contributed by atoms with Crippen LogP contribution in [0.3, 0.4) is 0 Å². The van der Waals surface area contributed by atoms with Gasteiger partial charge in [0.15, 0.2) is 0 Å². The normalized spacial score (nSPS) is 15.7. The largest absolute Gasteiger partial charge is 0.371 e. The van der Waals surface area contributed by atoms with E-state index in [2.05, 4.69) is 9.88 Å². The van der Waals surface area contributed by atoms with Gasteiger partial charge >= 0.3 is 0 Å². The molecule has 1 saturated heterocycles. The molecule has 1 aliphatic heterocycles. The van der Waals surface area contributed by atoms with E-state index in [9.17, 15) is 8.42 Å². The molecular weight excluding hydrogens is 298 g/mol. The maximum Gasteiger partial charge on any atom is 0.242 e. The minimum Gasteiger partial charge on any atom is -0.371 e. The maximum atomic E-state index is 12.4. The monoisotopic (exact) mass is 321 g/mol. The first-order valence-corrected chi connectivity index (χ1v) is 8.89. The number of nitrogens with one attached hydrogen (secondary N) is 1. The van der Waals surface area contributed by atoms with Crippen LogP contribution in [-0.4, -0.2) is 44.9 Å². The first kappa shape index (κ1) is 15.1. The Labute approximate surface area is 133 Å². The van der Waals surface area contributed by atoms with Crippen molar-refractivity contribution in [3.8, 4) is 11.3 Å². The summed E-state index contributed by atoms with van der Waals surface area (Å²) in [6, 6.07) is 9.30. The van der Waals surface area contributed by atoms with Crippen LogP contribution in [0.5, 0.6) is 0 Å². The Hall–Kier alpha value is -1.79. The van der Waals surface area contributed by atoms with Crippen molar-refractivity contribution >= 4 is 15.7 Å². The first-order chi connectivity index (χ1) is 10.5. The molecule has 0 bridgehead atoms. The van der Waals surface area contributed by atoms with Gasteiger partial charge in [0.2, 0.25) is 10.0 Å². The van der Waals surface area contributed by atoms with Gasteiger partial charge in [0.05, 0.1) is 4.90 Å². The zero-order chi connectivity index (χ0) is 15.7. The number of nitrogens with zero attached hydrogens (tertiary/aromatic N) is 2. The van der Waals surface area contributed by atoms with Gasteiger partial charge < -0.3 is 9.88 Å². The Kier molecular flexibility index (Phi) is 3.97. The van der Waals surface area contributed by atoms with E-state index >= 15 is 0 Å². The second kappa shape index (κ2) is 5.78. The molecule has 0 spiro atoms. The van der Waals surface area contributed by atoms with E-state index in [1.165, 1.54) is 17.1 Å². The van der Waals surface area contributed by atoms with E-state index in [4.69, 9.17) is 0 Å². The predicted molar refractivity (Wildman–Crippen MR) is 90.7 cm³/mol. The molecule has 1 aliphatic rings. The van der Waals surface area contributed by atoms with E-state index in [0.717, 1.165) is 30.0 Å². The molecular formula is C16H23N3O2S. The molecule has 5 nitrogen and oxygen atoms in total. The topological polar surface area (TPSA) is 56.4 Å². The van der Waals surface area contributed by atoms with Crippen LogP contribution in [0.2, 0.25) is 0 Å². The fraction of sp³-hybridized carbons (Fsp3) is 0.375. The second-order valence-corrected chi connectivity index (χ2v) is 7.90. The van der Waals surface area contributed by atoms with Crippen molar-refractivity contribution in [2.24, 2.45) is 0 Å². The van der Waals surface area contributed by atoms with Crippen molar-refractivity contribution < 1.29 is 9.84 Å². The molecule has 1 aromatic carbocycles. The predicted octanol–water partition coefficient (Wildman–Crippen LogP) is 2.78. The summed E-state index contributed by atoms with van der Waals surface area (Å²) in [7, 11) is -0.323. The van der Waals surface area contributed by atoms with Crippen LogP contribution in [0.1, 0.15) is 14.3 Å². The summed E-state index contributed by atoms with van der Waals surface area (Å²) >= 11 is 0. The fourth-order valence-electron chi connectivity index (χ4n) is 2.83. The molecule has 6 heteroatoms. The number of aromatic nitrogens is 1. The van der Waals surface area contributed by atoms with Crippen LogP contribution in [0.25, 0.3) is 11.3 Å². The van der Waals surface area contributed by atoms with Crippen LogP contribution in [0.15, 0.2) is 41.4 Å². The smallest absolute Gasteiger partial charge is 0.242 e. The zero-order valence-corrected chi connectivity index (χ0v) is 13.7. The molecule has 22 heavy (non-hydrogen) atoms. The third-order valence-corrected chi connectivity index (χ3v) is 5.89. The summed E-state index contributed by atoms with van der Waals surface area (Å²) in [5.74, 6) is 0. The Morgan fingerprint density at radius 1 is 1.18 bits per heavy atom. The van der Waals surface area contributed by atoms with Gasteiger partial charge in [0, 0.05) is 51.8 Å². The standard InChI is InChI=1S/C16H21N3O2S.H2/c1-18(2)22(20,21)13-7-8-16(19-10-3-4-11-19)14(12-13)15-6-5-9-17-15;/h5-9,12,17H,3-4,10-11H2,1-2H3;1H. The van der Waals surface area contributed by atoms with Crippen molar-refractivity contribution in [2.75, 3.05) is 32.1 Å². The lowest BCUT2D eigenvalue weighted by atomic mass is 10.1. The molecule has 1 fully saturated rings. The van der Waals surface area contributed by atoms with Crippen LogP contribution < -0.4 is 4.90 Å². The molecule has 3 rings (SSSR count). The van der Waals surface area contributed by atoms with Gasteiger partial charge in [-0.2, -0.15) is 0 Å². The maximum absolute atomic E-state index is 12.4. The highest BCUT2D eigenvalue weighted by Gasteiger charge is 2.22. The summed E-state index contributed by atoms with van der Waals surface area (Å²) in [6.07, 6.45) is 4.22. The van der Waals surface area contributed by atoms with Gasteiger partial charge in [-0.15, -0.1) is 0 Å². The van der Waals surface area contributed by atoms with Gasteiger partial charge in [-0.3, -0.25) is 0 Å². The van der Waals surface area contributed by atoms with Crippen molar-refractivity contribution in [1.29, 1.82) is 0 Å². The van der Waals surface area contributed by atoms with Crippen LogP contribution in [0, 0.1) is 0 Å². The number of benzene rings is 1. The Morgan fingerprint density at radius 3 is 2.50 bits per heavy atom. The average Bonchev–Trinajstić information content (AvgIpc) is 3.19. The summed E-state index contributed by atoms with van der Waals surface area (Å²) in [5.41, 5.74) is 2.98. The van der Waals surface area contributed by atoms with E-state index in [1.54, 1.807) is 26.2 Å². The molecule has 120 valence electrons. The zero-order valence-electron chi connectivity index (χ0n) is 12.9. The van der Waals surface area contributed by atoms with Gasteiger partial charge in [-0.1, -0.05) is 0 Å². The lowest BCUT2D eigenvalue weighted by Gasteiger charge is -2.22. The molecule has 2 aromatic rings. The number of rotatable bonds is 4. The van der Waals surface area contributed by atoms with Crippen LogP contribution in [-0.2, 0) is 10.0 Å². The minimum absolute atomic E-state index is 0. The third-order valence-electron chi connectivity index (χ3n) is 4.08. The van der Waals surface area contributed by atoms with Gasteiger partial charge in [0.1, 0.15) is 0 Å². The molecule has 0 aliphatic carbocycles. The summed E-state index contributed by atoms with van der Waals surface area (Å²) < 4.78 is 26.0. The van der Waals surface area contributed by atoms with E-state index in [0.29, 0.717) is 4.90 Å². The van der Waals surface area contributed by atoms with Crippen LogP contribution >= 0.6 is 0 Å². The number of H-pyrrole nitrogens is 1. The molecule has 1 N–H and O–H groups in total. The number of anilines is 1. The number of aromatic amines is 1. The summed E-state index contributed by atoms with van der Waals surface area (Å²) in [5, 5.41) is 0. The Morgan fingerprint density at radius 2 is 1.91 bits per heavy atom. The van der Waals surface area contributed by atoms with Crippen molar-refractivity contribution in [3.05, 3.63) is 36.5 Å². The van der Waals surface area contributed by atoms with Crippen molar-refractivity contribution in [3.63, 3.8) is 0 Å². The molecule has 0 atom stereocenters. The van der Waals surface area contributed by atoms with Crippen LogP contribution in [0.4, 0.5) is 5.69 Å². The molecule has 2 heterocycles. The van der Waals surface area contributed by atoms with E-state index < -0.39 is 10.0 Å². The number of hydrogen-bond acceptors (Lipinski definition) is 3.